The molecule has 120 valence electrons. The lowest BCUT2D eigenvalue weighted by Gasteiger charge is -2.11. The van der Waals surface area contributed by atoms with Crippen LogP contribution in [0.4, 0.5) is 0 Å². The highest BCUT2D eigenvalue weighted by Crippen LogP contribution is 2.11. The van der Waals surface area contributed by atoms with Gasteiger partial charge in [-0.2, -0.15) is 11.8 Å². The third kappa shape index (κ3) is 10.4. The highest BCUT2D eigenvalue weighted by Gasteiger charge is 1.97. The summed E-state index contributed by atoms with van der Waals surface area (Å²) in [5.41, 5.74) is 1.22. The van der Waals surface area contributed by atoms with Crippen LogP contribution < -0.4 is 10.6 Å². The maximum absolute atomic E-state index is 4.61. The van der Waals surface area contributed by atoms with E-state index in [1.54, 1.807) is 0 Å². The summed E-state index contributed by atoms with van der Waals surface area (Å²) in [4.78, 5) is 4.61. The molecule has 3 nitrogen and oxygen atoms in total. The summed E-state index contributed by atoms with van der Waals surface area (Å²) in [6.07, 6.45) is 4.58. The monoisotopic (exact) mass is 485 g/mol. The molecule has 2 N–H and O–H groups in total. The van der Waals surface area contributed by atoms with Crippen LogP contribution in [0.2, 0.25) is 0 Å². The highest BCUT2D eigenvalue weighted by atomic mass is 127. The molecule has 1 rings (SSSR count). The number of hydrogen-bond acceptors (Lipinski definition) is 2. The van der Waals surface area contributed by atoms with Crippen LogP contribution in [0.1, 0.15) is 25.3 Å². The fourth-order valence-corrected chi connectivity index (χ4v) is 2.44. The molecule has 0 radical (unpaired) electrons. The number of thioether (sulfide) groups is 1. The standard InChI is InChI=1S/C15H24BrN3S.HI/c1-3-17-15(18-10-4-5-11-20-2)19-12-13-6-8-14(16)9-7-13;/h6-9H,3-5,10-12H2,1-2H3,(H2,17,18,19);1H. The van der Waals surface area contributed by atoms with E-state index in [2.05, 4.69) is 56.9 Å². The Labute approximate surface area is 158 Å². The van der Waals surface area contributed by atoms with Crippen molar-refractivity contribution in [3.63, 3.8) is 0 Å². The third-order valence-corrected chi connectivity index (χ3v) is 3.97. The molecule has 0 atom stereocenters. The molecule has 0 bridgehead atoms. The molecule has 6 heteroatoms. The summed E-state index contributed by atoms with van der Waals surface area (Å²) in [7, 11) is 0. The van der Waals surface area contributed by atoms with E-state index in [0.717, 1.165) is 23.5 Å². The lowest BCUT2D eigenvalue weighted by Crippen LogP contribution is -2.37. The minimum Gasteiger partial charge on any atom is -0.357 e. The molecule has 21 heavy (non-hydrogen) atoms. The number of aliphatic imine (C=N–C) groups is 1. The molecule has 0 aromatic heterocycles. The van der Waals surface area contributed by atoms with Gasteiger partial charge in [0, 0.05) is 17.6 Å². The molecular weight excluding hydrogens is 461 g/mol. The van der Waals surface area contributed by atoms with Crippen molar-refractivity contribution in [3.8, 4) is 0 Å². The summed E-state index contributed by atoms with van der Waals surface area (Å²) < 4.78 is 1.10. The number of rotatable bonds is 8. The van der Waals surface area contributed by atoms with Crippen molar-refractivity contribution < 1.29 is 0 Å². The van der Waals surface area contributed by atoms with Gasteiger partial charge < -0.3 is 10.6 Å². The van der Waals surface area contributed by atoms with Gasteiger partial charge >= 0.3 is 0 Å². The number of halogens is 2. The van der Waals surface area contributed by atoms with Gasteiger partial charge in [0.1, 0.15) is 0 Å². The van der Waals surface area contributed by atoms with Gasteiger partial charge in [-0.1, -0.05) is 28.1 Å². The number of hydrogen-bond donors (Lipinski definition) is 2. The van der Waals surface area contributed by atoms with Crippen molar-refractivity contribution in [1.29, 1.82) is 0 Å². The average molecular weight is 486 g/mol. The summed E-state index contributed by atoms with van der Waals surface area (Å²) in [5, 5.41) is 6.66. The van der Waals surface area contributed by atoms with Gasteiger partial charge in [0.15, 0.2) is 5.96 Å². The van der Waals surface area contributed by atoms with Gasteiger partial charge in [-0.25, -0.2) is 4.99 Å². The van der Waals surface area contributed by atoms with Crippen LogP contribution in [0.3, 0.4) is 0 Å². The second-order valence-electron chi connectivity index (χ2n) is 4.45. The van der Waals surface area contributed by atoms with E-state index in [1.807, 2.05) is 23.9 Å². The Morgan fingerprint density at radius 3 is 2.52 bits per heavy atom. The lowest BCUT2D eigenvalue weighted by molar-refractivity contribution is 0.734. The molecule has 0 saturated heterocycles. The maximum atomic E-state index is 4.61. The van der Waals surface area contributed by atoms with E-state index < -0.39 is 0 Å². The highest BCUT2D eigenvalue weighted by molar-refractivity contribution is 14.0. The van der Waals surface area contributed by atoms with Crippen LogP contribution in [0, 0.1) is 0 Å². The average Bonchev–Trinajstić information content (AvgIpc) is 2.46. The van der Waals surface area contributed by atoms with Gasteiger partial charge in [0.2, 0.25) is 0 Å². The molecule has 0 saturated carbocycles. The summed E-state index contributed by atoms with van der Waals surface area (Å²) in [6.45, 7) is 4.65. The second-order valence-corrected chi connectivity index (χ2v) is 6.35. The molecule has 0 aliphatic carbocycles. The fourth-order valence-electron chi connectivity index (χ4n) is 1.68. The van der Waals surface area contributed by atoms with Crippen molar-refractivity contribution in [3.05, 3.63) is 34.3 Å². The van der Waals surface area contributed by atoms with Gasteiger partial charge in [0.25, 0.3) is 0 Å². The smallest absolute Gasteiger partial charge is 0.191 e. The number of guanidine groups is 1. The second kappa shape index (κ2) is 13.7. The third-order valence-electron chi connectivity index (χ3n) is 2.74. The minimum absolute atomic E-state index is 0. The van der Waals surface area contributed by atoms with Crippen LogP contribution in [0.5, 0.6) is 0 Å². The molecule has 0 aliphatic rings. The van der Waals surface area contributed by atoms with E-state index in [1.165, 1.54) is 24.2 Å². The summed E-state index contributed by atoms with van der Waals surface area (Å²) in [6, 6.07) is 8.28. The van der Waals surface area contributed by atoms with Gasteiger partial charge in [-0.3, -0.25) is 0 Å². The largest absolute Gasteiger partial charge is 0.357 e. The van der Waals surface area contributed by atoms with Gasteiger partial charge in [-0.15, -0.1) is 24.0 Å². The Morgan fingerprint density at radius 2 is 1.90 bits per heavy atom. The van der Waals surface area contributed by atoms with E-state index in [4.69, 9.17) is 0 Å². The Morgan fingerprint density at radius 1 is 1.19 bits per heavy atom. The first kappa shape index (κ1) is 21.0. The van der Waals surface area contributed by atoms with Crippen molar-refractivity contribution in [2.24, 2.45) is 4.99 Å². The molecule has 0 amide bonds. The zero-order valence-corrected chi connectivity index (χ0v) is 17.4. The first-order chi connectivity index (χ1) is 9.76. The lowest BCUT2D eigenvalue weighted by atomic mass is 10.2. The molecule has 1 aromatic rings. The van der Waals surface area contributed by atoms with Crippen molar-refractivity contribution in [2.45, 2.75) is 26.3 Å². The fraction of sp³-hybridized carbons (Fsp3) is 0.533. The van der Waals surface area contributed by atoms with Crippen LogP contribution in [-0.2, 0) is 6.54 Å². The number of nitrogens with one attached hydrogen (secondary N) is 2. The maximum Gasteiger partial charge on any atom is 0.191 e. The Hall–Kier alpha value is 0.0500. The Bertz CT molecular complexity index is 398. The summed E-state index contributed by atoms with van der Waals surface area (Å²) in [5.74, 6) is 2.13. The zero-order valence-electron chi connectivity index (χ0n) is 12.7. The minimum atomic E-state index is 0. The van der Waals surface area contributed by atoms with E-state index in [0.29, 0.717) is 6.54 Å². The Kier molecular flexibility index (Phi) is 13.7. The SMILES string of the molecule is CCNC(=NCc1ccc(Br)cc1)NCCCCSC.I. The van der Waals surface area contributed by atoms with E-state index in [9.17, 15) is 0 Å². The molecule has 0 unspecified atom stereocenters. The molecular formula is C15H25BrIN3S. The van der Waals surface area contributed by atoms with Crippen molar-refractivity contribution in [2.75, 3.05) is 25.1 Å². The number of nitrogens with zero attached hydrogens (tertiary/aromatic N) is 1. The van der Waals surface area contributed by atoms with Crippen LogP contribution in [0.25, 0.3) is 0 Å². The number of unbranched alkanes of at least 4 members (excludes halogenated alkanes) is 1. The van der Waals surface area contributed by atoms with Crippen LogP contribution in [-0.4, -0.2) is 31.1 Å². The van der Waals surface area contributed by atoms with Crippen LogP contribution in [0.15, 0.2) is 33.7 Å². The molecule has 0 aliphatic heterocycles. The number of benzene rings is 1. The summed E-state index contributed by atoms with van der Waals surface area (Å²) >= 11 is 5.34. The van der Waals surface area contributed by atoms with E-state index in [-0.39, 0.29) is 24.0 Å². The van der Waals surface area contributed by atoms with Gasteiger partial charge in [0.05, 0.1) is 6.54 Å². The first-order valence-corrected chi connectivity index (χ1v) is 9.20. The first-order valence-electron chi connectivity index (χ1n) is 7.01. The predicted octanol–water partition coefficient (Wildman–Crippen LogP) is 4.27. The van der Waals surface area contributed by atoms with E-state index >= 15 is 0 Å². The molecule has 0 spiro atoms. The topological polar surface area (TPSA) is 36.4 Å². The molecule has 0 fully saturated rings. The Balaban J connectivity index is 0.00000400. The molecule has 0 heterocycles. The van der Waals surface area contributed by atoms with Crippen LogP contribution >= 0.6 is 51.7 Å². The molecule has 1 aromatic carbocycles. The van der Waals surface area contributed by atoms with Crippen molar-refractivity contribution in [1.82, 2.24) is 10.6 Å². The predicted molar refractivity (Wildman–Crippen MR) is 110 cm³/mol. The quantitative estimate of drug-likeness (QED) is 0.250. The van der Waals surface area contributed by atoms with Gasteiger partial charge in [-0.05, 0) is 49.5 Å². The zero-order chi connectivity index (χ0) is 14.6. The van der Waals surface area contributed by atoms with Crippen molar-refractivity contribution >= 4 is 57.6 Å². The normalized spacial score (nSPS) is 10.9.